The van der Waals surface area contributed by atoms with Gasteiger partial charge >= 0.3 is 0 Å². The molecule has 1 aromatic heterocycles. The van der Waals surface area contributed by atoms with Crippen molar-refractivity contribution in [1.29, 1.82) is 0 Å². The van der Waals surface area contributed by atoms with Crippen LogP contribution in [0.1, 0.15) is 32.1 Å². The van der Waals surface area contributed by atoms with Gasteiger partial charge in [0.1, 0.15) is 10.7 Å². The highest BCUT2D eigenvalue weighted by molar-refractivity contribution is 7.89. The Morgan fingerprint density at radius 3 is 2.43 bits per heavy atom. The largest absolute Gasteiger partial charge is 0.394 e. The summed E-state index contributed by atoms with van der Waals surface area (Å²) < 4.78 is 25.1. The van der Waals surface area contributed by atoms with Crippen molar-refractivity contribution in [3.8, 4) is 0 Å². The first-order valence-corrected chi connectivity index (χ1v) is 8.61. The summed E-state index contributed by atoms with van der Waals surface area (Å²) in [4.78, 5) is 4.35. The Labute approximate surface area is 126 Å². The number of aliphatic hydroxyl groups excluding tert-OH is 1. The molecule has 7 heteroatoms. The number of rotatable bonds is 5. The average molecular weight is 313 g/mol. The van der Waals surface area contributed by atoms with E-state index in [2.05, 4.69) is 10.3 Å². The number of pyridine rings is 1. The topological polar surface area (TPSA) is 82.5 Å². The van der Waals surface area contributed by atoms with E-state index in [1.165, 1.54) is 26.7 Å². The van der Waals surface area contributed by atoms with E-state index in [1.54, 1.807) is 12.1 Å². The van der Waals surface area contributed by atoms with E-state index < -0.39 is 10.0 Å². The van der Waals surface area contributed by atoms with Crippen molar-refractivity contribution in [2.24, 2.45) is 0 Å². The van der Waals surface area contributed by atoms with Gasteiger partial charge in [0, 0.05) is 20.3 Å². The molecule has 1 saturated carbocycles. The summed E-state index contributed by atoms with van der Waals surface area (Å²) in [5.74, 6) is 0.601. The second kappa shape index (κ2) is 6.29. The second-order valence-corrected chi connectivity index (χ2v) is 7.94. The minimum absolute atomic E-state index is 0.0619. The minimum Gasteiger partial charge on any atom is -0.394 e. The monoisotopic (exact) mass is 313 g/mol. The first-order valence-electron chi connectivity index (χ1n) is 7.17. The highest BCUT2D eigenvalue weighted by atomic mass is 32.2. The summed E-state index contributed by atoms with van der Waals surface area (Å²) in [5.41, 5.74) is -0.326. The van der Waals surface area contributed by atoms with Crippen LogP contribution >= 0.6 is 0 Å². The molecule has 2 rings (SSSR count). The molecule has 0 bridgehead atoms. The standard InChI is InChI=1S/C14H23N3O3S/c1-17(2)21(19,20)12-6-7-13(15-10-12)16-14(11-18)8-4-3-5-9-14/h6-7,10,18H,3-5,8-9,11H2,1-2H3,(H,15,16). The number of anilines is 1. The Bertz CT molecular complexity index is 564. The second-order valence-electron chi connectivity index (χ2n) is 5.79. The third kappa shape index (κ3) is 3.53. The molecule has 118 valence electrons. The van der Waals surface area contributed by atoms with Crippen LogP contribution in [0.15, 0.2) is 23.2 Å². The molecule has 1 aliphatic carbocycles. The number of nitrogens with one attached hydrogen (secondary N) is 1. The molecule has 0 amide bonds. The van der Waals surface area contributed by atoms with E-state index in [9.17, 15) is 13.5 Å². The number of aliphatic hydroxyl groups is 1. The maximum Gasteiger partial charge on any atom is 0.244 e. The molecule has 0 saturated heterocycles. The molecule has 0 spiro atoms. The third-order valence-corrected chi connectivity index (χ3v) is 5.82. The lowest BCUT2D eigenvalue weighted by Crippen LogP contribution is -2.44. The lowest BCUT2D eigenvalue weighted by Gasteiger charge is -2.37. The van der Waals surface area contributed by atoms with Gasteiger partial charge in [0.05, 0.1) is 12.1 Å². The molecule has 0 unspecified atom stereocenters. The van der Waals surface area contributed by atoms with Gasteiger partial charge in [0.15, 0.2) is 0 Å². The van der Waals surface area contributed by atoms with Crippen molar-refractivity contribution in [3.05, 3.63) is 18.3 Å². The lowest BCUT2D eigenvalue weighted by atomic mass is 9.82. The molecule has 6 nitrogen and oxygen atoms in total. The van der Waals surface area contributed by atoms with Crippen LogP contribution in [0.5, 0.6) is 0 Å². The van der Waals surface area contributed by atoms with E-state index in [4.69, 9.17) is 0 Å². The number of aromatic nitrogens is 1. The first-order chi connectivity index (χ1) is 9.89. The van der Waals surface area contributed by atoms with Crippen LogP contribution in [-0.2, 0) is 10.0 Å². The van der Waals surface area contributed by atoms with Gasteiger partial charge in [-0.3, -0.25) is 0 Å². The van der Waals surface area contributed by atoms with Crippen molar-refractivity contribution >= 4 is 15.8 Å². The highest BCUT2D eigenvalue weighted by Gasteiger charge is 2.31. The summed E-state index contributed by atoms with van der Waals surface area (Å²) in [6.45, 7) is 0.0619. The third-order valence-electron chi connectivity index (χ3n) is 4.02. The van der Waals surface area contributed by atoms with Crippen LogP contribution in [0, 0.1) is 0 Å². The van der Waals surface area contributed by atoms with Crippen LogP contribution in [0.3, 0.4) is 0 Å². The number of sulfonamides is 1. The Morgan fingerprint density at radius 2 is 1.95 bits per heavy atom. The molecule has 2 N–H and O–H groups in total. The van der Waals surface area contributed by atoms with E-state index in [-0.39, 0.29) is 17.0 Å². The smallest absolute Gasteiger partial charge is 0.244 e. The fourth-order valence-corrected chi connectivity index (χ4v) is 3.49. The molecule has 1 aliphatic rings. The molecule has 0 aromatic carbocycles. The lowest BCUT2D eigenvalue weighted by molar-refractivity contribution is 0.172. The summed E-state index contributed by atoms with van der Waals surface area (Å²) in [5, 5.41) is 12.9. The van der Waals surface area contributed by atoms with Crippen molar-refractivity contribution in [1.82, 2.24) is 9.29 Å². The van der Waals surface area contributed by atoms with Crippen molar-refractivity contribution < 1.29 is 13.5 Å². The van der Waals surface area contributed by atoms with E-state index in [1.807, 2.05) is 0 Å². The van der Waals surface area contributed by atoms with Crippen LogP contribution < -0.4 is 5.32 Å². The van der Waals surface area contributed by atoms with Gasteiger partial charge in [-0.05, 0) is 25.0 Å². The van der Waals surface area contributed by atoms with Crippen LogP contribution in [0.4, 0.5) is 5.82 Å². The van der Waals surface area contributed by atoms with Gasteiger partial charge < -0.3 is 10.4 Å². The Balaban J connectivity index is 2.16. The Morgan fingerprint density at radius 1 is 1.29 bits per heavy atom. The zero-order valence-corrected chi connectivity index (χ0v) is 13.4. The zero-order chi connectivity index (χ0) is 15.5. The predicted molar refractivity (Wildman–Crippen MR) is 81.6 cm³/mol. The van der Waals surface area contributed by atoms with Gasteiger partial charge in [-0.15, -0.1) is 0 Å². The zero-order valence-electron chi connectivity index (χ0n) is 12.5. The van der Waals surface area contributed by atoms with E-state index in [0.717, 1.165) is 30.0 Å². The first kappa shape index (κ1) is 16.2. The molecule has 0 radical (unpaired) electrons. The normalized spacial score (nSPS) is 18.7. The fourth-order valence-electron chi connectivity index (χ4n) is 2.64. The van der Waals surface area contributed by atoms with Crippen LogP contribution in [0.2, 0.25) is 0 Å². The van der Waals surface area contributed by atoms with Crippen LogP contribution in [-0.4, -0.2) is 49.1 Å². The van der Waals surface area contributed by atoms with E-state index >= 15 is 0 Å². The summed E-state index contributed by atoms with van der Waals surface area (Å²) in [6, 6.07) is 3.20. The maximum absolute atomic E-state index is 12.0. The van der Waals surface area contributed by atoms with Gasteiger partial charge in [0.25, 0.3) is 0 Å². The van der Waals surface area contributed by atoms with Gasteiger partial charge in [-0.1, -0.05) is 19.3 Å². The average Bonchev–Trinajstić information content (AvgIpc) is 2.48. The molecular weight excluding hydrogens is 290 g/mol. The quantitative estimate of drug-likeness (QED) is 0.859. The summed E-state index contributed by atoms with van der Waals surface area (Å²) >= 11 is 0. The molecule has 1 fully saturated rings. The number of hydrogen-bond donors (Lipinski definition) is 2. The number of nitrogens with zero attached hydrogens (tertiary/aromatic N) is 2. The molecule has 0 atom stereocenters. The summed E-state index contributed by atoms with van der Waals surface area (Å²) in [7, 11) is -0.473. The SMILES string of the molecule is CN(C)S(=O)(=O)c1ccc(NC2(CO)CCCCC2)nc1. The van der Waals surface area contributed by atoms with Crippen LogP contribution in [0.25, 0.3) is 0 Å². The molecular formula is C14H23N3O3S. The Hall–Kier alpha value is -1.18. The van der Waals surface area contributed by atoms with Gasteiger partial charge in [0.2, 0.25) is 10.0 Å². The minimum atomic E-state index is -3.45. The van der Waals surface area contributed by atoms with E-state index in [0.29, 0.717) is 5.82 Å². The fraction of sp³-hybridized carbons (Fsp3) is 0.643. The molecule has 21 heavy (non-hydrogen) atoms. The Kier molecular flexibility index (Phi) is 4.85. The molecule has 1 heterocycles. The van der Waals surface area contributed by atoms with Gasteiger partial charge in [-0.2, -0.15) is 0 Å². The summed E-state index contributed by atoms with van der Waals surface area (Å²) in [6.07, 6.45) is 6.52. The molecule has 1 aromatic rings. The van der Waals surface area contributed by atoms with Crippen molar-refractivity contribution in [2.45, 2.75) is 42.5 Å². The number of hydrogen-bond acceptors (Lipinski definition) is 5. The maximum atomic E-state index is 12.0. The van der Waals surface area contributed by atoms with Crippen molar-refractivity contribution in [3.63, 3.8) is 0 Å². The van der Waals surface area contributed by atoms with Gasteiger partial charge in [-0.25, -0.2) is 17.7 Å². The molecule has 0 aliphatic heterocycles. The highest BCUT2D eigenvalue weighted by Crippen LogP contribution is 2.31. The predicted octanol–water partition coefficient (Wildman–Crippen LogP) is 1.44. The van der Waals surface area contributed by atoms with Crippen molar-refractivity contribution in [2.75, 3.05) is 26.0 Å².